The van der Waals surface area contributed by atoms with Crippen LogP contribution >= 0.6 is 22.6 Å². The lowest BCUT2D eigenvalue weighted by Gasteiger charge is -2.27. The van der Waals surface area contributed by atoms with Crippen LogP contribution in [0.5, 0.6) is 0 Å². The van der Waals surface area contributed by atoms with Crippen molar-refractivity contribution in [1.29, 1.82) is 0 Å². The number of cyclic esters (lactones) is 1. The Morgan fingerprint density at radius 3 is 2.57 bits per heavy atom. The molecule has 0 N–H and O–H groups in total. The Balaban J connectivity index is 2.67. The number of ether oxygens (including phenoxy) is 1. The third-order valence-corrected chi connectivity index (χ3v) is 3.79. The van der Waals surface area contributed by atoms with Crippen LogP contribution in [-0.4, -0.2) is 16.5 Å². The lowest BCUT2D eigenvalue weighted by Crippen LogP contribution is -2.30. The number of esters is 1. The standard InChI is InChI=1S/C11H19IO2/c1-11(2,3)9-6-4-5-8(7-12)14-10(9)13/h8-9H,4-7H2,1-3H3/t8-,9-/m1/s1. The molecule has 0 aromatic rings. The second kappa shape index (κ2) is 4.81. The number of hydrogen-bond donors (Lipinski definition) is 0. The highest BCUT2D eigenvalue weighted by Crippen LogP contribution is 2.34. The first-order valence-corrected chi connectivity index (χ1v) is 6.74. The molecule has 1 heterocycles. The van der Waals surface area contributed by atoms with E-state index in [-0.39, 0.29) is 23.4 Å². The molecule has 0 spiro atoms. The van der Waals surface area contributed by atoms with E-state index < -0.39 is 0 Å². The predicted molar refractivity (Wildman–Crippen MR) is 65.6 cm³/mol. The minimum atomic E-state index is 0.0108. The molecule has 0 aliphatic carbocycles. The minimum Gasteiger partial charge on any atom is -0.461 e. The lowest BCUT2D eigenvalue weighted by molar-refractivity contribution is -0.155. The predicted octanol–water partition coefficient (Wildman–Crippen LogP) is 3.18. The molecule has 14 heavy (non-hydrogen) atoms. The second-order valence-electron chi connectivity index (χ2n) is 5.06. The van der Waals surface area contributed by atoms with Crippen molar-refractivity contribution in [3.8, 4) is 0 Å². The van der Waals surface area contributed by atoms with E-state index in [1.807, 2.05) is 0 Å². The maximum Gasteiger partial charge on any atom is 0.309 e. The van der Waals surface area contributed by atoms with Gasteiger partial charge >= 0.3 is 5.97 Å². The first kappa shape index (κ1) is 12.3. The van der Waals surface area contributed by atoms with E-state index in [4.69, 9.17) is 4.74 Å². The first-order valence-electron chi connectivity index (χ1n) is 5.21. The van der Waals surface area contributed by atoms with Crippen molar-refractivity contribution >= 4 is 28.6 Å². The molecule has 82 valence electrons. The van der Waals surface area contributed by atoms with Gasteiger partial charge in [0.05, 0.1) is 5.92 Å². The highest BCUT2D eigenvalue weighted by atomic mass is 127. The van der Waals surface area contributed by atoms with E-state index in [1.165, 1.54) is 0 Å². The van der Waals surface area contributed by atoms with Crippen molar-refractivity contribution in [3.63, 3.8) is 0 Å². The summed E-state index contributed by atoms with van der Waals surface area (Å²) < 4.78 is 6.37. The molecule has 0 saturated carbocycles. The monoisotopic (exact) mass is 310 g/mol. The fourth-order valence-corrected chi connectivity index (χ4v) is 2.49. The van der Waals surface area contributed by atoms with E-state index in [0.29, 0.717) is 0 Å². The number of hydrogen-bond acceptors (Lipinski definition) is 2. The van der Waals surface area contributed by atoms with E-state index >= 15 is 0 Å². The van der Waals surface area contributed by atoms with E-state index in [1.54, 1.807) is 0 Å². The molecule has 1 aliphatic rings. The molecule has 0 unspecified atom stereocenters. The summed E-state index contributed by atoms with van der Waals surface area (Å²) in [4.78, 5) is 11.8. The van der Waals surface area contributed by atoms with E-state index in [0.717, 1.165) is 23.7 Å². The van der Waals surface area contributed by atoms with E-state index in [9.17, 15) is 4.79 Å². The molecule has 1 aliphatic heterocycles. The number of alkyl halides is 1. The van der Waals surface area contributed by atoms with Crippen LogP contribution in [-0.2, 0) is 9.53 Å². The Hall–Kier alpha value is 0.200. The van der Waals surface area contributed by atoms with Crippen molar-refractivity contribution in [2.24, 2.45) is 11.3 Å². The van der Waals surface area contributed by atoms with Crippen LogP contribution in [0.25, 0.3) is 0 Å². The zero-order valence-corrected chi connectivity index (χ0v) is 11.3. The van der Waals surface area contributed by atoms with Crippen molar-refractivity contribution in [3.05, 3.63) is 0 Å². The summed E-state index contributed by atoms with van der Waals surface area (Å²) in [7, 11) is 0. The molecule has 0 amide bonds. The molecular formula is C11H19IO2. The highest BCUT2D eigenvalue weighted by molar-refractivity contribution is 14.1. The van der Waals surface area contributed by atoms with Crippen LogP contribution < -0.4 is 0 Å². The fraction of sp³-hybridized carbons (Fsp3) is 0.909. The van der Waals surface area contributed by atoms with Crippen molar-refractivity contribution in [1.82, 2.24) is 0 Å². The van der Waals surface area contributed by atoms with Crippen LogP contribution in [0.1, 0.15) is 40.0 Å². The summed E-state index contributed by atoms with van der Waals surface area (Å²) >= 11 is 2.28. The highest BCUT2D eigenvalue weighted by Gasteiger charge is 2.35. The Morgan fingerprint density at radius 2 is 2.07 bits per heavy atom. The molecule has 1 rings (SSSR count). The Morgan fingerprint density at radius 1 is 1.43 bits per heavy atom. The van der Waals surface area contributed by atoms with Crippen LogP contribution in [0.3, 0.4) is 0 Å². The lowest BCUT2D eigenvalue weighted by atomic mass is 9.78. The molecule has 0 bridgehead atoms. The van der Waals surface area contributed by atoms with Gasteiger partial charge in [-0.1, -0.05) is 43.4 Å². The van der Waals surface area contributed by atoms with Gasteiger partial charge in [0.25, 0.3) is 0 Å². The molecular weight excluding hydrogens is 291 g/mol. The third-order valence-electron chi connectivity index (χ3n) is 2.80. The van der Waals surface area contributed by atoms with Crippen LogP contribution in [0.2, 0.25) is 0 Å². The van der Waals surface area contributed by atoms with Crippen molar-refractivity contribution < 1.29 is 9.53 Å². The van der Waals surface area contributed by atoms with Crippen molar-refractivity contribution in [2.75, 3.05) is 4.43 Å². The summed E-state index contributed by atoms with van der Waals surface area (Å²) in [6.45, 7) is 6.34. The number of rotatable bonds is 1. The van der Waals surface area contributed by atoms with Gasteiger partial charge in [0.1, 0.15) is 6.10 Å². The summed E-state index contributed by atoms with van der Waals surface area (Å²) in [5, 5.41) is 0. The third kappa shape index (κ3) is 3.11. The van der Waals surface area contributed by atoms with Gasteiger partial charge in [-0.2, -0.15) is 0 Å². The summed E-state index contributed by atoms with van der Waals surface area (Å²) in [6, 6.07) is 0. The Kier molecular flexibility index (Phi) is 4.22. The minimum absolute atomic E-state index is 0.0108. The molecule has 0 aromatic carbocycles. The van der Waals surface area contributed by atoms with Gasteiger partial charge in [-0.25, -0.2) is 0 Å². The molecule has 2 atom stereocenters. The maximum absolute atomic E-state index is 11.8. The van der Waals surface area contributed by atoms with Crippen LogP contribution in [0.15, 0.2) is 0 Å². The van der Waals surface area contributed by atoms with E-state index in [2.05, 4.69) is 43.4 Å². The molecule has 1 fully saturated rings. The Labute approximate surface area is 99.9 Å². The smallest absolute Gasteiger partial charge is 0.309 e. The molecule has 2 nitrogen and oxygen atoms in total. The quantitative estimate of drug-likeness (QED) is 0.422. The van der Waals surface area contributed by atoms with Gasteiger partial charge in [0, 0.05) is 4.43 Å². The maximum atomic E-state index is 11.8. The van der Waals surface area contributed by atoms with Crippen molar-refractivity contribution in [2.45, 2.75) is 46.1 Å². The average molecular weight is 310 g/mol. The largest absolute Gasteiger partial charge is 0.461 e. The molecule has 0 aromatic heterocycles. The summed E-state index contributed by atoms with van der Waals surface area (Å²) in [6.07, 6.45) is 3.27. The zero-order chi connectivity index (χ0) is 10.8. The SMILES string of the molecule is CC(C)(C)[C@@H]1CCC[C@H](CI)OC1=O. The molecule has 1 saturated heterocycles. The second-order valence-corrected chi connectivity index (χ2v) is 5.94. The van der Waals surface area contributed by atoms with Gasteiger partial charge < -0.3 is 4.74 Å². The Bertz CT molecular complexity index is 208. The normalized spacial score (nSPS) is 29.6. The van der Waals surface area contributed by atoms with Crippen LogP contribution in [0.4, 0.5) is 0 Å². The zero-order valence-electron chi connectivity index (χ0n) is 9.18. The van der Waals surface area contributed by atoms with Gasteiger partial charge in [-0.15, -0.1) is 0 Å². The van der Waals surface area contributed by atoms with Gasteiger partial charge in [0.2, 0.25) is 0 Å². The molecule has 0 radical (unpaired) electrons. The number of carbonyl (C=O) groups excluding carboxylic acids is 1. The van der Waals surface area contributed by atoms with Crippen LogP contribution in [0, 0.1) is 11.3 Å². The fourth-order valence-electron chi connectivity index (χ4n) is 1.87. The van der Waals surface area contributed by atoms with Gasteiger partial charge in [-0.3, -0.25) is 4.79 Å². The number of halogens is 1. The average Bonchev–Trinajstić information content (AvgIpc) is 2.25. The summed E-state index contributed by atoms with van der Waals surface area (Å²) in [5.74, 6) is 0.0899. The van der Waals surface area contributed by atoms with Gasteiger partial charge in [-0.05, 0) is 24.7 Å². The summed E-state index contributed by atoms with van der Waals surface area (Å²) in [5.41, 5.74) is 0.0389. The van der Waals surface area contributed by atoms with Gasteiger partial charge in [0.15, 0.2) is 0 Å². The molecule has 3 heteroatoms. The number of carbonyl (C=O) groups is 1. The topological polar surface area (TPSA) is 26.3 Å². The first-order chi connectivity index (χ1) is 6.45.